The van der Waals surface area contributed by atoms with Crippen molar-refractivity contribution >= 4 is 13.9 Å². The molecule has 2 rings (SSSR count). The number of hydrogen-bond acceptors (Lipinski definition) is 5. The van der Waals surface area contributed by atoms with E-state index >= 15 is 0 Å². The lowest BCUT2D eigenvalue weighted by Gasteiger charge is -2.27. The largest absolute Gasteiger partial charge is 0.376 e. The summed E-state index contributed by atoms with van der Waals surface area (Å²) in [4.78, 5) is 11.3. The Morgan fingerprint density at radius 1 is 0.964 bits per heavy atom. The lowest BCUT2D eigenvalue weighted by molar-refractivity contribution is -0.108. The fraction of sp³-hybridized carbons (Fsp3) is 0.409. The smallest absolute Gasteiger partial charge is 0.338 e. The van der Waals surface area contributed by atoms with Crippen molar-refractivity contribution in [3.8, 4) is 0 Å². The van der Waals surface area contributed by atoms with Crippen LogP contribution in [0.5, 0.6) is 0 Å². The number of aldehydes is 1. The third-order valence-electron chi connectivity index (χ3n) is 4.36. The molecule has 1 unspecified atom stereocenters. The molecule has 0 radical (unpaired) electrons. The minimum absolute atomic E-state index is 0.0825. The van der Waals surface area contributed by atoms with Gasteiger partial charge in [0.15, 0.2) is 0 Å². The average molecular weight is 404 g/mol. The minimum Gasteiger partial charge on any atom is -0.376 e. The Hall–Kier alpha value is -1.78. The predicted octanol–water partition coefficient (Wildman–Crippen LogP) is 5.34. The molecule has 0 bridgehead atoms. The summed E-state index contributed by atoms with van der Waals surface area (Å²) in [7, 11) is -3.45. The van der Waals surface area contributed by atoms with E-state index in [1.54, 1.807) is 13.8 Å². The number of rotatable bonds is 13. The van der Waals surface area contributed by atoms with Gasteiger partial charge >= 0.3 is 7.60 Å². The first-order valence-electron chi connectivity index (χ1n) is 9.66. The molecule has 0 amide bonds. The first-order chi connectivity index (χ1) is 13.6. The summed E-state index contributed by atoms with van der Waals surface area (Å²) in [6.07, 6.45) is 1.51. The maximum absolute atomic E-state index is 13.3. The second-order valence-corrected chi connectivity index (χ2v) is 8.50. The molecule has 152 valence electrons. The summed E-state index contributed by atoms with van der Waals surface area (Å²) in [5.41, 5.74) is 2.31. The second-order valence-electron chi connectivity index (χ2n) is 6.28. The highest BCUT2D eigenvalue weighted by Crippen LogP contribution is 2.62. The van der Waals surface area contributed by atoms with Crippen LogP contribution < -0.4 is 0 Å². The van der Waals surface area contributed by atoms with Gasteiger partial charge in [-0.1, -0.05) is 54.6 Å². The highest BCUT2D eigenvalue weighted by Gasteiger charge is 2.37. The summed E-state index contributed by atoms with van der Waals surface area (Å²) < 4.78 is 30.2. The summed E-state index contributed by atoms with van der Waals surface area (Å²) in [5.74, 6) is 0. The third kappa shape index (κ3) is 6.39. The van der Waals surface area contributed by atoms with Crippen LogP contribution in [0.2, 0.25) is 0 Å². The molecule has 2 aromatic carbocycles. The van der Waals surface area contributed by atoms with Gasteiger partial charge in [0.25, 0.3) is 0 Å². The molecule has 0 aromatic heterocycles. The van der Waals surface area contributed by atoms with E-state index in [9.17, 15) is 9.36 Å². The lowest BCUT2D eigenvalue weighted by Crippen LogP contribution is -2.11. The normalized spacial score (nSPS) is 12.6. The molecule has 0 aliphatic rings. The van der Waals surface area contributed by atoms with Crippen molar-refractivity contribution in [1.29, 1.82) is 0 Å². The summed E-state index contributed by atoms with van der Waals surface area (Å²) in [6, 6.07) is 17.7. The zero-order valence-electron chi connectivity index (χ0n) is 16.6. The van der Waals surface area contributed by atoms with Gasteiger partial charge in [0.05, 0.1) is 32.1 Å². The van der Waals surface area contributed by atoms with Crippen LogP contribution in [0, 0.1) is 0 Å². The van der Waals surface area contributed by atoms with E-state index in [0.29, 0.717) is 19.6 Å². The van der Waals surface area contributed by atoms with Crippen LogP contribution in [-0.4, -0.2) is 26.1 Å². The van der Waals surface area contributed by atoms with Gasteiger partial charge in [-0.2, -0.15) is 0 Å². The van der Waals surface area contributed by atoms with E-state index in [1.165, 1.54) is 0 Å². The van der Waals surface area contributed by atoms with Gasteiger partial charge in [0.2, 0.25) is 0 Å². The van der Waals surface area contributed by atoms with Crippen LogP contribution >= 0.6 is 7.60 Å². The molecule has 5 nitrogen and oxygen atoms in total. The van der Waals surface area contributed by atoms with E-state index in [-0.39, 0.29) is 19.6 Å². The van der Waals surface area contributed by atoms with Crippen molar-refractivity contribution in [2.45, 2.75) is 39.0 Å². The standard InChI is InChI=1S/C22H29O5P/c1-3-26-28(24,27-4-2)22(14-16-23)21-13-9-8-12-20(21)15-17-25-18-19-10-6-5-7-11-19/h5-13,16,22H,3-4,14-15,17-18H2,1-2H3. The molecule has 28 heavy (non-hydrogen) atoms. The Morgan fingerprint density at radius 3 is 2.25 bits per heavy atom. The van der Waals surface area contributed by atoms with Crippen molar-refractivity contribution in [2.24, 2.45) is 0 Å². The predicted molar refractivity (Wildman–Crippen MR) is 111 cm³/mol. The van der Waals surface area contributed by atoms with Crippen molar-refractivity contribution in [2.75, 3.05) is 19.8 Å². The summed E-state index contributed by atoms with van der Waals surface area (Å²) in [5, 5.41) is 0. The van der Waals surface area contributed by atoms with E-state index in [1.807, 2.05) is 54.6 Å². The first-order valence-corrected chi connectivity index (χ1v) is 11.3. The number of benzene rings is 2. The molecule has 0 spiro atoms. The molecule has 2 aromatic rings. The first kappa shape index (κ1) is 22.5. The molecule has 0 saturated heterocycles. The monoisotopic (exact) mass is 404 g/mol. The van der Waals surface area contributed by atoms with Gasteiger partial charge in [-0.3, -0.25) is 4.57 Å². The van der Waals surface area contributed by atoms with Crippen molar-refractivity contribution in [3.05, 3.63) is 71.3 Å². The van der Waals surface area contributed by atoms with Crippen LogP contribution in [0.25, 0.3) is 0 Å². The molecule has 0 aliphatic heterocycles. The van der Waals surface area contributed by atoms with Gasteiger partial charge in [-0.25, -0.2) is 0 Å². The Balaban J connectivity index is 2.14. The highest BCUT2D eigenvalue weighted by atomic mass is 31.2. The molecular formula is C22H29O5P. The number of carbonyl (C=O) groups is 1. The zero-order chi connectivity index (χ0) is 20.2. The number of hydrogen-bond donors (Lipinski definition) is 0. The fourth-order valence-electron chi connectivity index (χ4n) is 3.13. The van der Waals surface area contributed by atoms with E-state index in [2.05, 4.69) is 0 Å². The van der Waals surface area contributed by atoms with Crippen molar-refractivity contribution < 1.29 is 23.1 Å². The Labute approximate surface area is 167 Å². The molecule has 0 fully saturated rings. The molecule has 0 heterocycles. The van der Waals surface area contributed by atoms with E-state index in [4.69, 9.17) is 13.8 Å². The average Bonchev–Trinajstić information content (AvgIpc) is 2.71. The minimum atomic E-state index is -3.45. The molecular weight excluding hydrogens is 375 g/mol. The summed E-state index contributed by atoms with van der Waals surface area (Å²) in [6.45, 7) is 5.12. The summed E-state index contributed by atoms with van der Waals surface area (Å²) >= 11 is 0. The van der Waals surface area contributed by atoms with Crippen LogP contribution in [-0.2, 0) is 36.2 Å². The maximum atomic E-state index is 13.3. The SMILES string of the molecule is CCOP(=O)(OCC)C(CC=O)c1ccccc1CCOCc1ccccc1. The Kier molecular flexibility index (Phi) is 9.59. The highest BCUT2D eigenvalue weighted by molar-refractivity contribution is 7.54. The molecule has 0 N–H and O–H groups in total. The van der Waals surface area contributed by atoms with Gasteiger partial charge in [-0.05, 0) is 37.0 Å². The lowest BCUT2D eigenvalue weighted by atomic mass is 10.0. The van der Waals surface area contributed by atoms with Crippen LogP contribution in [0.15, 0.2) is 54.6 Å². The van der Waals surface area contributed by atoms with Gasteiger partial charge < -0.3 is 18.6 Å². The fourth-order valence-corrected chi connectivity index (χ4v) is 5.22. The topological polar surface area (TPSA) is 61.8 Å². The van der Waals surface area contributed by atoms with Crippen LogP contribution in [0.3, 0.4) is 0 Å². The molecule has 6 heteroatoms. The second kappa shape index (κ2) is 11.9. The maximum Gasteiger partial charge on any atom is 0.338 e. The third-order valence-corrected chi connectivity index (χ3v) is 6.85. The molecule has 1 atom stereocenters. The van der Waals surface area contributed by atoms with Crippen molar-refractivity contribution in [1.82, 2.24) is 0 Å². The van der Waals surface area contributed by atoms with Gasteiger partial charge in [-0.15, -0.1) is 0 Å². The number of carbonyl (C=O) groups excluding carboxylic acids is 1. The molecule has 0 saturated carbocycles. The zero-order valence-corrected chi connectivity index (χ0v) is 17.5. The Bertz CT molecular complexity index is 753. The number of ether oxygens (including phenoxy) is 1. The van der Waals surface area contributed by atoms with Gasteiger partial charge in [0, 0.05) is 6.42 Å². The van der Waals surface area contributed by atoms with E-state index in [0.717, 1.165) is 23.0 Å². The molecule has 0 aliphatic carbocycles. The van der Waals surface area contributed by atoms with E-state index < -0.39 is 13.3 Å². The van der Waals surface area contributed by atoms with Crippen molar-refractivity contribution in [3.63, 3.8) is 0 Å². The van der Waals surface area contributed by atoms with Gasteiger partial charge in [0.1, 0.15) is 6.29 Å². The Morgan fingerprint density at radius 2 is 1.61 bits per heavy atom. The van der Waals surface area contributed by atoms with Crippen LogP contribution in [0.4, 0.5) is 0 Å². The van der Waals surface area contributed by atoms with Crippen LogP contribution in [0.1, 0.15) is 42.6 Å². The quantitative estimate of drug-likeness (QED) is 0.256.